The molecular weight excluding hydrogens is 214 g/mol. The van der Waals surface area contributed by atoms with Crippen molar-refractivity contribution in [3.63, 3.8) is 0 Å². The fraction of sp³-hybridized carbons (Fsp3) is 0.500. The normalized spacial score (nSPS) is 16.4. The van der Waals surface area contributed by atoms with Gasteiger partial charge in [0.15, 0.2) is 0 Å². The first-order valence-electron chi connectivity index (χ1n) is 6.16. The van der Waals surface area contributed by atoms with E-state index in [0.29, 0.717) is 0 Å². The van der Waals surface area contributed by atoms with Crippen LogP contribution in [0, 0.1) is 0 Å². The molecule has 17 heavy (non-hydrogen) atoms. The van der Waals surface area contributed by atoms with E-state index in [1.54, 1.807) is 7.11 Å². The SMILES string of the molecule is CCCNC(=O)C1(c2ccccc2OC)CC1. The summed E-state index contributed by atoms with van der Waals surface area (Å²) in [7, 11) is 1.65. The molecule has 1 saturated carbocycles. The van der Waals surface area contributed by atoms with Gasteiger partial charge in [0.2, 0.25) is 5.91 Å². The molecule has 3 nitrogen and oxygen atoms in total. The lowest BCUT2D eigenvalue weighted by Crippen LogP contribution is -2.35. The molecule has 0 aliphatic heterocycles. The third-order valence-electron chi connectivity index (χ3n) is 3.34. The molecule has 3 heteroatoms. The average Bonchev–Trinajstić information content (AvgIpc) is 3.17. The van der Waals surface area contributed by atoms with Crippen LogP contribution in [0.15, 0.2) is 24.3 Å². The second-order valence-electron chi connectivity index (χ2n) is 4.54. The Bertz CT molecular complexity index is 410. The Kier molecular flexibility index (Phi) is 3.36. The molecule has 92 valence electrons. The third kappa shape index (κ3) is 2.14. The van der Waals surface area contributed by atoms with Gasteiger partial charge in [-0.2, -0.15) is 0 Å². The average molecular weight is 233 g/mol. The number of hydrogen-bond donors (Lipinski definition) is 1. The molecule has 0 atom stereocenters. The first-order valence-corrected chi connectivity index (χ1v) is 6.16. The van der Waals surface area contributed by atoms with Crippen molar-refractivity contribution in [3.05, 3.63) is 29.8 Å². The standard InChI is InChI=1S/C14H19NO2/c1-3-10-15-13(16)14(8-9-14)11-6-4-5-7-12(11)17-2/h4-7H,3,8-10H2,1-2H3,(H,15,16). The van der Waals surface area contributed by atoms with Gasteiger partial charge in [-0.05, 0) is 25.3 Å². The maximum absolute atomic E-state index is 12.2. The zero-order valence-corrected chi connectivity index (χ0v) is 10.5. The lowest BCUT2D eigenvalue weighted by atomic mass is 9.94. The summed E-state index contributed by atoms with van der Waals surface area (Å²) in [5.41, 5.74) is 0.693. The van der Waals surface area contributed by atoms with Gasteiger partial charge < -0.3 is 10.1 Å². The number of nitrogens with one attached hydrogen (secondary N) is 1. The van der Waals surface area contributed by atoms with Crippen LogP contribution in [-0.4, -0.2) is 19.6 Å². The minimum absolute atomic E-state index is 0.142. The first-order chi connectivity index (χ1) is 8.24. The Balaban J connectivity index is 2.23. The van der Waals surface area contributed by atoms with E-state index >= 15 is 0 Å². The van der Waals surface area contributed by atoms with Crippen molar-refractivity contribution in [2.75, 3.05) is 13.7 Å². The van der Waals surface area contributed by atoms with E-state index in [9.17, 15) is 4.79 Å². The second kappa shape index (κ2) is 4.78. The number of rotatable bonds is 5. The highest BCUT2D eigenvalue weighted by Gasteiger charge is 2.52. The number of amides is 1. The molecule has 0 heterocycles. The van der Waals surface area contributed by atoms with Crippen molar-refractivity contribution in [1.29, 1.82) is 0 Å². The molecule has 1 amide bonds. The smallest absolute Gasteiger partial charge is 0.230 e. The van der Waals surface area contributed by atoms with Gasteiger partial charge in [-0.15, -0.1) is 0 Å². The van der Waals surface area contributed by atoms with Gasteiger partial charge in [0.05, 0.1) is 12.5 Å². The molecule has 1 aliphatic carbocycles. The predicted octanol–water partition coefficient (Wildman–Crippen LogP) is 2.25. The number of carbonyl (C=O) groups excluding carboxylic acids is 1. The van der Waals surface area contributed by atoms with Crippen molar-refractivity contribution in [2.24, 2.45) is 0 Å². The molecular formula is C14H19NO2. The highest BCUT2D eigenvalue weighted by atomic mass is 16.5. The van der Waals surface area contributed by atoms with Crippen LogP contribution in [0.2, 0.25) is 0 Å². The van der Waals surface area contributed by atoms with Crippen molar-refractivity contribution >= 4 is 5.91 Å². The minimum atomic E-state index is -0.332. The van der Waals surface area contributed by atoms with Crippen LogP contribution in [0.4, 0.5) is 0 Å². The fourth-order valence-corrected chi connectivity index (χ4v) is 2.19. The summed E-state index contributed by atoms with van der Waals surface area (Å²) in [6.45, 7) is 2.80. The van der Waals surface area contributed by atoms with E-state index in [1.807, 2.05) is 24.3 Å². The van der Waals surface area contributed by atoms with Crippen molar-refractivity contribution in [1.82, 2.24) is 5.32 Å². The molecule has 1 N–H and O–H groups in total. The lowest BCUT2D eigenvalue weighted by molar-refractivity contribution is -0.123. The molecule has 1 aromatic rings. The van der Waals surface area contributed by atoms with Crippen LogP contribution in [0.1, 0.15) is 31.7 Å². The van der Waals surface area contributed by atoms with Crippen LogP contribution in [-0.2, 0) is 10.2 Å². The topological polar surface area (TPSA) is 38.3 Å². The minimum Gasteiger partial charge on any atom is -0.496 e. The van der Waals surface area contributed by atoms with Gasteiger partial charge >= 0.3 is 0 Å². The fourth-order valence-electron chi connectivity index (χ4n) is 2.19. The molecule has 0 saturated heterocycles. The molecule has 0 spiro atoms. The lowest BCUT2D eigenvalue weighted by Gasteiger charge is -2.18. The molecule has 1 aromatic carbocycles. The van der Waals surface area contributed by atoms with E-state index in [2.05, 4.69) is 12.2 Å². The zero-order chi connectivity index (χ0) is 12.3. The Hall–Kier alpha value is -1.51. The van der Waals surface area contributed by atoms with E-state index < -0.39 is 0 Å². The van der Waals surface area contributed by atoms with Crippen LogP contribution in [0.5, 0.6) is 5.75 Å². The van der Waals surface area contributed by atoms with Crippen LogP contribution >= 0.6 is 0 Å². The molecule has 0 unspecified atom stereocenters. The van der Waals surface area contributed by atoms with Crippen LogP contribution in [0.3, 0.4) is 0 Å². The van der Waals surface area contributed by atoms with E-state index in [-0.39, 0.29) is 11.3 Å². The predicted molar refractivity (Wildman–Crippen MR) is 67.2 cm³/mol. The Morgan fingerprint density at radius 3 is 2.71 bits per heavy atom. The Morgan fingerprint density at radius 1 is 1.41 bits per heavy atom. The second-order valence-corrected chi connectivity index (χ2v) is 4.54. The maximum Gasteiger partial charge on any atom is 0.230 e. The van der Waals surface area contributed by atoms with Gasteiger partial charge in [-0.3, -0.25) is 4.79 Å². The molecule has 2 rings (SSSR count). The number of carbonyl (C=O) groups is 1. The molecule has 0 radical (unpaired) electrons. The van der Waals surface area contributed by atoms with Gasteiger partial charge in [-0.1, -0.05) is 25.1 Å². The number of para-hydroxylation sites is 1. The molecule has 0 bridgehead atoms. The van der Waals surface area contributed by atoms with Crippen molar-refractivity contribution in [2.45, 2.75) is 31.6 Å². The number of ether oxygens (including phenoxy) is 1. The van der Waals surface area contributed by atoms with Gasteiger partial charge in [0.25, 0.3) is 0 Å². The zero-order valence-electron chi connectivity index (χ0n) is 10.5. The molecule has 1 fully saturated rings. The summed E-state index contributed by atoms with van der Waals surface area (Å²) >= 11 is 0. The Labute approximate surface area is 102 Å². The first kappa shape index (κ1) is 12.0. The molecule has 1 aliphatic rings. The monoisotopic (exact) mass is 233 g/mol. The van der Waals surface area contributed by atoms with Crippen molar-refractivity contribution in [3.8, 4) is 5.75 Å². The Morgan fingerprint density at radius 2 is 2.12 bits per heavy atom. The van der Waals surface area contributed by atoms with Crippen LogP contribution < -0.4 is 10.1 Å². The van der Waals surface area contributed by atoms with Gasteiger partial charge in [0, 0.05) is 12.1 Å². The maximum atomic E-state index is 12.2. The van der Waals surface area contributed by atoms with E-state index in [4.69, 9.17) is 4.74 Å². The summed E-state index contributed by atoms with van der Waals surface area (Å²) < 4.78 is 5.35. The number of hydrogen-bond acceptors (Lipinski definition) is 2. The summed E-state index contributed by atoms with van der Waals surface area (Å²) in [6, 6.07) is 7.81. The summed E-state index contributed by atoms with van der Waals surface area (Å²) in [6.07, 6.45) is 2.81. The number of benzene rings is 1. The summed E-state index contributed by atoms with van der Waals surface area (Å²) in [4.78, 5) is 12.2. The highest BCUT2D eigenvalue weighted by molar-refractivity contribution is 5.92. The van der Waals surface area contributed by atoms with Crippen molar-refractivity contribution < 1.29 is 9.53 Å². The quantitative estimate of drug-likeness (QED) is 0.847. The van der Waals surface area contributed by atoms with Crippen LogP contribution in [0.25, 0.3) is 0 Å². The molecule has 0 aromatic heterocycles. The largest absolute Gasteiger partial charge is 0.496 e. The summed E-state index contributed by atoms with van der Waals surface area (Å²) in [5, 5.41) is 2.99. The van der Waals surface area contributed by atoms with Gasteiger partial charge in [0.1, 0.15) is 5.75 Å². The third-order valence-corrected chi connectivity index (χ3v) is 3.34. The van der Waals surface area contributed by atoms with E-state index in [0.717, 1.165) is 37.1 Å². The number of methoxy groups -OCH3 is 1. The summed E-state index contributed by atoms with van der Waals surface area (Å²) in [5.74, 6) is 0.959. The highest BCUT2D eigenvalue weighted by Crippen LogP contribution is 2.51. The van der Waals surface area contributed by atoms with Gasteiger partial charge in [-0.25, -0.2) is 0 Å². The van der Waals surface area contributed by atoms with E-state index in [1.165, 1.54) is 0 Å².